The van der Waals surface area contributed by atoms with Crippen LogP contribution in [0.1, 0.15) is 206 Å². The standard InChI is InChI=1S/C43H83N3O3/c1-4-6-8-10-12-14-16-18-20-22-24-26-28-30-32-36-42(47)44-38-34-39-45(3)40-35-41-46(49)43(48)37-33-31-29-27-25-23-21-19-17-15-13-11-9-7-5-2/h18-21,46H,4-17,22-41H2,1-3H3,(H,44,47)/b20-18+,21-19+. The molecular weight excluding hydrogens is 606 g/mol. The van der Waals surface area contributed by atoms with E-state index in [1.807, 2.05) is 7.05 Å². The van der Waals surface area contributed by atoms with Gasteiger partial charge in [0.1, 0.15) is 0 Å². The zero-order valence-electron chi connectivity index (χ0n) is 33.0. The lowest BCUT2D eigenvalue weighted by atomic mass is 10.1. The lowest BCUT2D eigenvalue weighted by molar-refractivity contribution is -0.765. The summed E-state index contributed by atoms with van der Waals surface area (Å²) in [6, 6.07) is 0. The maximum Gasteiger partial charge on any atom is 0.312 e. The summed E-state index contributed by atoms with van der Waals surface area (Å²) in [5.41, 5.74) is 0. The quantitative estimate of drug-likeness (QED) is 0.0384. The van der Waals surface area contributed by atoms with Crippen LogP contribution < -0.4 is 10.4 Å². The number of amides is 2. The molecule has 1 unspecified atom stereocenters. The van der Waals surface area contributed by atoms with Gasteiger partial charge in [0.2, 0.25) is 5.91 Å². The number of nitrogens with zero attached hydrogens (tertiary/aromatic N) is 1. The molecule has 0 radical (unpaired) electrons. The van der Waals surface area contributed by atoms with Crippen LogP contribution in [0.2, 0.25) is 0 Å². The van der Waals surface area contributed by atoms with Gasteiger partial charge in [0, 0.05) is 25.9 Å². The van der Waals surface area contributed by atoms with Gasteiger partial charge in [-0.25, -0.2) is 4.79 Å². The minimum Gasteiger partial charge on any atom is -0.627 e. The van der Waals surface area contributed by atoms with Gasteiger partial charge in [-0.15, -0.1) is 0 Å². The fourth-order valence-corrected chi connectivity index (χ4v) is 6.28. The number of hydroxylamine groups is 2. The fourth-order valence-electron chi connectivity index (χ4n) is 6.28. The van der Waals surface area contributed by atoms with E-state index >= 15 is 0 Å². The molecule has 0 aromatic heterocycles. The summed E-state index contributed by atoms with van der Waals surface area (Å²) < 4.78 is 0. The van der Waals surface area contributed by atoms with Gasteiger partial charge in [-0.05, 0) is 84.2 Å². The average Bonchev–Trinajstić information content (AvgIpc) is 3.09. The molecule has 0 aliphatic carbocycles. The monoisotopic (exact) mass is 690 g/mol. The van der Waals surface area contributed by atoms with Gasteiger partial charge in [-0.3, -0.25) is 4.79 Å². The predicted molar refractivity (Wildman–Crippen MR) is 213 cm³/mol. The van der Waals surface area contributed by atoms with Crippen LogP contribution in [0.4, 0.5) is 0 Å². The lowest BCUT2D eigenvalue weighted by Crippen LogP contribution is -3.10. The topological polar surface area (TPSA) is 76.9 Å². The summed E-state index contributed by atoms with van der Waals surface area (Å²) >= 11 is 0. The first-order chi connectivity index (χ1) is 24.0. The number of nitrogens with one attached hydrogen (secondary N) is 2. The van der Waals surface area contributed by atoms with Gasteiger partial charge in [0.25, 0.3) is 0 Å². The highest BCUT2D eigenvalue weighted by molar-refractivity contribution is 5.75. The molecule has 0 saturated heterocycles. The summed E-state index contributed by atoms with van der Waals surface area (Å²) in [7, 11) is 2.05. The Morgan fingerprint density at radius 2 is 0.918 bits per heavy atom. The molecule has 0 aliphatic heterocycles. The van der Waals surface area contributed by atoms with E-state index in [2.05, 4.69) is 48.4 Å². The first-order valence-corrected chi connectivity index (χ1v) is 21.3. The molecule has 288 valence electrons. The second kappa shape index (κ2) is 39.3. The summed E-state index contributed by atoms with van der Waals surface area (Å²) in [6.45, 7) is 7.26. The third-order valence-electron chi connectivity index (χ3n) is 9.62. The van der Waals surface area contributed by atoms with Gasteiger partial charge >= 0.3 is 5.91 Å². The summed E-state index contributed by atoms with van der Waals surface area (Å²) in [5.74, 6) is -0.0233. The molecule has 0 spiro atoms. The van der Waals surface area contributed by atoms with Crippen LogP contribution in [0.15, 0.2) is 24.3 Å². The summed E-state index contributed by atoms with van der Waals surface area (Å²) in [4.78, 5) is 26.6. The number of hydrogen-bond donors (Lipinski definition) is 2. The molecule has 0 heterocycles. The molecule has 0 aliphatic rings. The second-order valence-electron chi connectivity index (χ2n) is 14.6. The van der Waals surface area contributed by atoms with Crippen molar-refractivity contribution in [3.8, 4) is 0 Å². The molecular formula is C43H83N3O3. The maximum absolute atomic E-state index is 12.3. The maximum atomic E-state index is 12.3. The van der Waals surface area contributed by atoms with Gasteiger partial charge in [0.05, 0.1) is 13.0 Å². The van der Waals surface area contributed by atoms with Crippen LogP contribution in [0.5, 0.6) is 0 Å². The Kier molecular flexibility index (Phi) is 38.1. The van der Waals surface area contributed by atoms with Crippen molar-refractivity contribution in [1.29, 1.82) is 0 Å². The highest BCUT2D eigenvalue weighted by Gasteiger charge is 2.11. The number of carbonyl (C=O) groups excluding carboxylic acids is 2. The minimum absolute atomic E-state index is 0.163. The van der Waals surface area contributed by atoms with Gasteiger partial charge < -0.3 is 20.5 Å². The Balaban J connectivity index is 3.51. The predicted octanol–water partition coefficient (Wildman–Crippen LogP) is 10.8. The number of hydrogen-bond acceptors (Lipinski definition) is 4. The van der Waals surface area contributed by atoms with Crippen LogP contribution in [0.25, 0.3) is 0 Å². The van der Waals surface area contributed by atoms with Gasteiger partial charge in [0.15, 0.2) is 0 Å². The van der Waals surface area contributed by atoms with Crippen molar-refractivity contribution in [1.82, 2.24) is 10.2 Å². The number of allylic oxidation sites excluding steroid dienone is 4. The van der Waals surface area contributed by atoms with Crippen molar-refractivity contribution in [3.05, 3.63) is 29.5 Å². The van der Waals surface area contributed by atoms with Crippen molar-refractivity contribution in [2.45, 2.75) is 206 Å². The van der Waals surface area contributed by atoms with Crippen LogP contribution >= 0.6 is 0 Å². The van der Waals surface area contributed by atoms with Gasteiger partial charge in [-0.1, -0.05) is 141 Å². The first kappa shape index (κ1) is 47.5. The third-order valence-corrected chi connectivity index (χ3v) is 9.62. The molecule has 1 atom stereocenters. The Morgan fingerprint density at radius 1 is 0.531 bits per heavy atom. The Morgan fingerprint density at radius 3 is 1.39 bits per heavy atom. The van der Waals surface area contributed by atoms with E-state index in [0.29, 0.717) is 25.9 Å². The Hall–Kier alpha value is -1.50. The molecule has 6 heteroatoms. The molecule has 0 saturated carbocycles. The zero-order chi connectivity index (χ0) is 35.9. The third kappa shape index (κ3) is 37.6. The second-order valence-corrected chi connectivity index (χ2v) is 14.6. The number of carbonyl (C=O) groups is 2. The van der Waals surface area contributed by atoms with Crippen LogP contribution in [-0.4, -0.2) is 49.9 Å². The van der Waals surface area contributed by atoms with Gasteiger partial charge in [-0.2, -0.15) is 0 Å². The van der Waals surface area contributed by atoms with Crippen molar-refractivity contribution in [2.24, 2.45) is 0 Å². The molecule has 0 aromatic rings. The Labute approximate surface area is 305 Å². The van der Waals surface area contributed by atoms with Crippen LogP contribution in [0.3, 0.4) is 0 Å². The molecule has 0 fully saturated rings. The molecule has 0 rings (SSSR count). The number of rotatable bonds is 38. The van der Waals surface area contributed by atoms with Crippen molar-refractivity contribution in [2.75, 3.05) is 33.2 Å². The smallest absolute Gasteiger partial charge is 0.312 e. The van der Waals surface area contributed by atoms with Crippen LogP contribution in [0, 0.1) is 5.21 Å². The Bertz CT molecular complexity index is 769. The number of quaternary nitrogens is 1. The minimum atomic E-state index is -0.202. The molecule has 0 bridgehead atoms. The van der Waals surface area contributed by atoms with Crippen LogP contribution in [-0.2, 0) is 9.59 Å². The lowest BCUT2D eigenvalue weighted by Gasteiger charge is -2.22. The molecule has 2 N–H and O–H groups in total. The molecule has 2 amide bonds. The van der Waals surface area contributed by atoms with E-state index in [-0.39, 0.29) is 16.9 Å². The first-order valence-electron chi connectivity index (χ1n) is 21.3. The normalized spacial score (nSPS) is 12.5. The van der Waals surface area contributed by atoms with Crippen molar-refractivity contribution < 1.29 is 14.7 Å². The summed E-state index contributed by atoms with van der Waals surface area (Å²) in [5, 5.41) is 15.1. The summed E-state index contributed by atoms with van der Waals surface area (Å²) in [6.07, 6.45) is 44.5. The number of unbranched alkanes of at least 4 members (excludes halogenated alkanes) is 22. The highest BCUT2D eigenvalue weighted by Crippen LogP contribution is 2.11. The SMILES string of the molecule is CCCCCCCC/C=C/CCCCCCCC(=O)NCCCN(C)CCC[NH+]([O-])C(=O)CCCCCCC/C=C/CCCCCCCC. The van der Waals surface area contributed by atoms with E-state index in [9.17, 15) is 14.8 Å². The molecule has 0 aromatic carbocycles. The molecule has 6 nitrogen and oxygen atoms in total. The van der Waals surface area contributed by atoms with E-state index in [0.717, 1.165) is 64.5 Å². The van der Waals surface area contributed by atoms with E-state index in [4.69, 9.17) is 0 Å². The fraction of sp³-hybridized carbons (Fsp3) is 0.860. The van der Waals surface area contributed by atoms with E-state index < -0.39 is 0 Å². The molecule has 49 heavy (non-hydrogen) atoms. The highest BCUT2D eigenvalue weighted by atomic mass is 16.5. The van der Waals surface area contributed by atoms with Crippen molar-refractivity contribution in [3.63, 3.8) is 0 Å². The zero-order valence-corrected chi connectivity index (χ0v) is 33.0. The largest absolute Gasteiger partial charge is 0.627 e. The average molecular weight is 690 g/mol. The van der Waals surface area contributed by atoms with Crippen molar-refractivity contribution >= 4 is 11.8 Å². The van der Waals surface area contributed by atoms with E-state index in [1.54, 1.807) is 0 Å². The van der Waals surface area contributed by atoms with E-state index in [1.165, 1.54) is 128 Å².